The number of ether oxygens (including phenoxy) is 2. The molecule has 1 atom stereocenters. The van der Waals surface area contributed by atoms with Crippen LogP contribution in [0.25, 0.3) is 0 Å². The molecule has 0 radical (unpaired) electrons. The maximum absolute atomic E-state index is 10.6. The standard InChI is InChI=1S/C7H12O3.C5H8O2.C3H8O.C3H6O.CH3.Zr/c1-3-10-7(9)5-4-6(2)8;1-4-2-3-5(6)7-4;2*1-3(2)4;;/h3-5H2,1-2H3;4H,2-3H2,1H3;3-4H,1-2H3;1-2H3;1H3;/q;;;;-1;. The van der Waals surface area contributed by atoms with E-state index in [4.69, 9.17) is 9.84 Å². The molecule has 0 aliphatic carbocycles. The van der Waals surface area contributed by atoms with E-state index in [1.54, 1.807) is 20.8 Å². The van der Waals surface area contributed by atoms with Crippen LogP contribution in [0.3, 0.4) is 0 Å². The van der Waals surface area contributed by atoms with Crippen molar-refractivity contribution >= 4 is 23.5 Å². The van der Waals surface area contributed by atoms with Gasteiger partial charge in [0.15, 0.2) is 0 Å². The van der Waals surface area contributed by atoms with Gasteiger partial charge in [0.1, 0.15) is 11.6 Å². The number of ketones is 2. The van der Waals surface area contributed by atoms with E-state index in [2.05, 4.69) is 4.74 Å². The molecule has 8 heteroatoms. The summed E-state index contributed by atoms with van der Waals surface area (Å²) in [6.07, 6.45) is 2.02. The Hall–Kier alpha value is -0.877. The van der Waals surface area contributed by atoms with Crippen molar-refractivity contribution in [3.8, 4) is 0 Å². The van der Waals surface area contributed by atoms with E-state index in [0.717, 1.165) is 6.42 Å². The quantitative estimate of drug-likeness (QED) is 0.499. The number of cyclic esters (lactones) is 1. The molecule has 1 N–H and O–H groups in total. The summed E-state index contributed by atoms with van der Waals surface area (Å²) in [5.74, 6) is -0.154. The number of aliphatic hydroxyl groups is 1. The third-order valence-corrected chi connectivity index (χ3v) is 2.07. The number of aliphatic hydroxyl groups excluding tert-OH is 1. The van der Waals surface area contributed by atoms with Crippen LogP contribution in [-0.4, -0.2) is 47.4 Å². The molecule has 1 saturated heterocycles. The van der Waals surface area contributed by atoms with Crippen molar-refractivity contribution in [1.82, 2.24) is 0 Å². The Morgan fingerprint density at radius 1 is 1.19 bits per heavy atom. The Balaban J connectivity index is -0.0000000836. The zero-order chi connectivity index (χ0) is 20.4. The van der Waals surface area contributed by atoms with Gasteiger partial charge in [0.2, 0.25) is 0 Å². The Morgan fingerprint density at radius 2 is 1.59 bits per heavy atom. The van der Waals surface area contributed by atoms with Crippen molar-refractivity contribution < 1.29 is 60.0 Å². The van der Waals surface area contributed by atoms with Crippen LogP contribution in [0.1, 0.15) is 74.1 Å². The molecular weight excluding hydrogens is 431 g/mol. The van der Waals surface area contributed by atoms with Gasteiger partial charge in [-0.2, -0.15) is 0 Å². The predicted molar refractivity (Wildman–Crippen MR) is 101 cm³/mol. The summed E-state index contributed by atoms with van der Waals surface area (Å²) in [4.78, 5) is 40.6. The molecule has 0 saturated carbocycles. The summed E-state index contributed by atoms with van der Waals surface area (Å²) in [5, 5.41) is 8.06. The van der Waals surface area contributed by atoms with Crippen LogP contribution in [0, 0.1) is 7.43 Å². The Labute approximate surface area is 183 Å². The number of Topliss-reactive ketones (excluding diaryl/α,β-unsaturated/α-hetero) is 2. The van der Waals surface area contributed by atoms with Crippen LogP contribution >= 0.6 is 0 Å². The molecular formula is C19H37O7Zr-. The molecule has 27 heavy (non-hydrogen) atoms. The average Bonchev–Trinajstić information content (AvgIpc) is 2.80. The van der Waals surface area contributed by atoms with Crippen LogP contribution in [0.5, 0.6) is 0 Å². The molecule has 0 aromatic heterocycles. The normalized spacial score (nSPS) is 13.5. The molecule has 1 aliphatic heterocycles. The van der Waals surface area contributed by atoms with Crippen LogP contribution in [0.2, 0.25) is 0 Å². The van der Waals surface area contributed by atoms with E-state index in [0.29, 0.717) is 19.4 Å². The Morgan fingerprint density at radius 3 is 1.78 bits per heavy atom. The minimum atomic E-state index is -0.294. The van der Waals surface area contributed by atoms with Gasteiger partial charge in [-0.1, -0.05) is 0 Å². The minimum absolute atomic E-state index is 0. The average molecular weight is 469 g/mol. The molecule has 1 unspecified atom stereocenters. The van der Waals surface area contributed by atoms with E-state index in [1.807, 2.05) is 6.92 Å². The Bertz CT molecular complexity index is 389. The number of esters is 2. The van der Waals surface area contributed by atoms with Gasteiger partial charge in [-0.25, -0.2) is 0 Å². The minimum Gasteiger partial charge on any atom is -0.466 e. The second-order valence-corrected chi connectivity index (χ2v) is 5.85. The maximum atomic E-state index is 10.6. The van der Waals surface area contributed by atoms with Gasteiger partial charge in [0, 0.05) is 45.1 Å². The number of carbonyl (C=O) groups excluding carboxylic acids is 4. The van der Waals surface area contributed by atoms with Crippen molar-refractivity contribution in [2.45, 2.75) is 86.4 Å². The van der Waals surface area contributed by atoms with Crippen molar-refractivity contribution in [3.05, 3.63) is 7.43 Å². The van der Waals surface area contributed by atoms with Gasteiger partial charge >= 0.3 is 11.9 Å². The fourth-order valence-corrected chi connectivity index (χ4v) is 1.17. The molecule has 0 aromatic carbocycles. The number of hydrogen-bond donors (Lipinski definition) is 1. The van der Waals surface area contributed by atoms with Gasteiger partial charge < -0.3 is 31.6 Å². The summed E-state index contributed by atoms with van der Waals surface area (Å²) in [6, 6.07) is 0. The van der Waals surface area contributed by atoms with E-state index >= 15 is 0 Å². The molecule has 1 aliphatic rings. The predicted octanol–water partition coefficient (Wildman–Crippen LogP) is 3.06. The first-order valence-electron chi connectivity index (χ1n) is 8.42. The molecule has 0 aromatic rings. The fourth-order valence-electron chi connectivity index (χ4n) is 1.17. The zero-order valence-corrected chi connectivity index (χ0v) is 20.5. The van der Waals surface area contributed by atoms with Gasteiger partial charge in [-0.05, 0) is 54.9 Å². The number of hydrogen-bond acceptors (Lipinski definition) is 7. The summed E-state index contributed by atoms with van der Waals surface area (Å²) in [7, 11) is 0. The zero-order valence-electron chi connectivity index (χ0n) is 18.1. The van der Waals surface area contributed by atoms with Gasteiger partial charge in [0.05, 0.1) is 19.1 Å². The summed E-state index contributed by atoms with van der Waals surface area (Å²) < 4.78 is 9.32. The third kappa shape index (κ3) is 51.7. The first kappa shape index (κ1) is 37.0. The monoisotopic (exact) mass is 467 g/mol. The first-order valence-corrected chi connectivity index (χ1v) is 8.42. The molecule has 0 spiro atoms. The maximum Gasteiger partial charge on any atom is 0.306 e. The second kappa shape index (κ2) is 25.1. The first-order chi connectivity index (χ1) is 11.4. The third-order valence-electron chi connectivity index (χ3n) is 2.07. The molecule has 0 amide bonds. The van der Waals surface area contributed by atoms with Crippen molar-refractivity contribution in [2.75, 3.05) is 6.61 Å². The molecule has 1 heterocycles. The van der Waals surface area contributed by atoms with Gasteiger partial charge in [-0.3, -0.25) is 9.59 Å². The van der Waals surface area contributed by atoms with Crippen LogP contribution in [0.4, 0.5) is 0 Å². The van der Waals surface area contributed by atoms with E-state index in [9.17, 15) is 19.2 Å². The largest absolute Gasteiger partial charge is 0.466 e. The van der Waals surface area contributed by atoms with Crippen LogP contribution < -0.4 is 0 Å². The molecule has 1 rings (SSSR count). The Kier molecular flexibility index (Phi) is 34.4. The van der Waals surface area contributed by atoms with Gasteiger partial charge in [-0.15, -0.1) is 0 Å². The van der Waals surface area contributed by atoms with E-state index < -0.39 is 0 Å². The number of carbonyl (C=O) groups is 4. The van der Waals surface area contributed by atoms with Gasteiger partial charge in [0.25, 0.3) is 0 Å². The second-order valence-electron chi connectivity index (χ2n) is 5.85. The van der Waals surface area contributed by atoms with E-state index in [-0.39, 0.29) is 75.8 Å². The van der Waals surface area contributed by atoms with Crippen molar-refractivity contribution in [1.29, 1.82) is 0 Å². The SMILES string of the molecule is CC(C)=O.CC(C)O.CC1CCC(=O)O1.CCOC(=O)CCC(C)=O.[CH3-].[Zr]. The smallest absolute Gasteiger partial charge is 0.306 e. The molecule has 1 fully saturated rings. The summed E-state index contributed by atoms with van der Waals surface area (Å²) in [6.45, 7) is 12.0. The summed E-state index contributed by atoms with van der Waals surface area (Å²) in [5.41, 5.74) is 0. The van der Waals surface area contributed by atoms with Crippen molar-refractivity contribution in [3.63, 3.8) is 0 Å². The van der Waals surface area contributed by atoms with E-state index in [1.165, 1.54) is 20.8 Å². The molecule has 160 valence electrons. The number of rotatable bonds is 4. The molecule has 7 nitrogen and oxygen atoms in total. The van der Waals surface area contributed by atoms with Crippen molar-refractivity contribution in [2.24, 2.45) is 0 Å². The molecule has 0 bridgehead atoms. The van der Waals surface area contributed by atoms with Crippen LogP contribution in [-0.2, 0) is 54.9 Å². The van der Waals surface area contributed by atoms with Crippen LogP contribution in [0.15, 0.2) is 0 Å². The topological polar surface area (TPSA) is 107 Å². The summed E-state index contributed by atoms with van der Waals surface area (Å²) >= 11 is 0. The fraction of sp³-hybridized carbons (Fsp3) is 0.737.